The molecule has 11 heteroatoms. The predicted molar refractivity (Wildman–Crippen MR) is 115 cm³/mol. The molecule has 9 nitrogen and oxygen atoms in total. The SMILES string of the molecule is Cc1c(-n2nnnc2SCC(=O)NCc2cccs2)c(=O)n(-c2ccccc2)n1C. The van der Waals surface area contributed by atoms with Crippen molar-refractivity contribution in [1.29, 1.82) is 0 Å². The number of aromatic nitrogens is 6. The van der Waals surface area contributed by atoms with Gasteiger partial charge in [0.25, 0.3) is 5.56 Å². The molecule has 0 unspecified atom stereocenters. The van der Waals surface area contributed by atoms with Gasteiger partial charge in [-0.05, 0) is 40.9 Å². The first kappa shape index (κ1) is 20.1. The Labute approximate surface area is 180 Å². The molecule has 0 bridgehead atoms. The molecule has 0 aliphatic rings. The van der Waals surface area contributed by atoms with E-state index in [0.717, 1.165) is 10.6 Å². The molecule has 0 aliphatic heterocycles. The van der Waals surface area contributed by atoms with Crippen LogP contribution >= 0.6 is 23.1 Å². The van der Waals surface area contributed by atoms with E-state index in [2.05, 4.69) is 20.8 Å². The van der Waals surface area contributed by atoms with Crippen LogP contribution in [0.2, 0.25) is 0 Å². The van der Waals surface area contributed by atoms with Crippen molar-refractivity contribution in [1.82, 2.24) is 34.9 Å². The second kappa shape index (κ2) is 8.67. The number of nitrogens with zero attached hydrogens (tertiary/aromatic N) is 6. The average Bonchev–Trinajstić information content (AvgIpc) is 3.47. The summed E-state index contributed by atoms with van der Waals surface area (Å²) in [5.41, 5.74) is 1.57. The lowest BCUT2D eigenvalue weighted by molar-refractivity contribution is -0.118. The normalized spacial score (nSPS) is 11.0. The number of thiophene rings is 1. The number of amides is 1. The number of rotatable bonds is 7. The molecule has 0 saturated heterocycles. The Bertz CT molecular complexity index is 1210. The summed E-state index contributed by atoms with van der Waals surface area (Å²) in [5, 5.41) is 16.9. The summed E-state index contributed by atoms with van der Waals surface area (Å²) in [7, 11) is 1.81. The Kier molecular flexibility index (Phi) is 5.81. The second-order valence-corrected chi connectivity index (χ2v) is 8.40. The highest BCUT2D eigenvalue weighted by Gasteiger charge is 2.22. The molecular weight excluding hydrogens is 422 g/mol. The van der Waals surface area contributed by atoms with Crippen LogP contribution in [0.4, 0.5) is 0 Å². The summed E-state index contributed by atoms with van der Waals surface area (Å²) in [6.45, 7) is 2.32. The average molecular weight is 442 g/mol. The number of carbonyl (C=O) groups excluding carboxylic acids is 1. The third-order valence-corrected chi connectivity index (χ3v) is 6.34. The molecule has 3 heterocycles. The van der Waals surface area contributed by atoms with Gasteiger partial charge in [0.1, 0.15) is 0 Å². The zero-order chi connectivity index (χ0) is 21.1. The summed E-state index contributed by atoms with van der Waals surface area (Å²) in [6.07, 6.45) is 0. The smallest absolute Gasteiger partial charge is 0.297 e. The van der Waals surface area contributed by atoms with E-state index in [-0.39, 0.29) is 17.2 Å². The lowest BCUT2D eigenvalue weighted by Crippen LogP contribution is -2.24. The Morgan fingerprint density at radius 1 is 1.20 bits per heavy atom. The Morgan fingerprint density at radius 3 is 2.73 bits per heavy atom. The third kappa shape index (κ3) is 3.94. The molecule has 4 aromatic rings. The van der Waals surface area contributed by atoms with Gasteiger partial charge >= 0.3 is 0 Å². The number of para-hydroxylation sites is 1. The van der Waals surface area contributed by atoms with Gasteiger partial charge in [0.15, 0.2) is 5.69 Å². The van der Waals surface area contributed by atoms with Crippen LogP contribution in [0.3, 0.4) is 0 Å². The highest BCUT2D eigenvalue weighted by molar-refractivity contribution is 7.99. The van der Waals surface area contributed by atoms with Crippen molar-refractivity contribution in [3.05, 3.63) is 68.8 Å². The van der Waals surface area contributed by atoms with Crippen LogP contribution in [0.1, 0.15) is 10.6 Å². The first-order chi connectivity index (χ1) is 14.6. The van der Waals surface area contributed by atoms with E-state index in [1.807, 2.05) is 61.8 Å². The second-order valence-electron chi connectivity index (χ2n) is 6.43. The molecule has 1 aromatic carbocycles. The molecule has 0 radical (unpaired) electrons. The fraction of sp³-hybridized carbons (Fsp3) is 0.211. The Hall–Kier alpha value is -3.18. The number of benzene rings is 1. The molecule has 0 aliphatic carbocycles. The van der Waals surface area contributed by atoms with Crippen LogP contribution in [0.5, 0.6) is 0 Å². The number of hydrogen-bond donors (Lipinski definition) is 1. The van der Waals surface area contributed by atoms with E-state index in [1.165, 1.54) is 16.4 Å². The molecule has 0 fully saturated rings. The quantitative estimate of drug-likeness (QED) is 0.440. The van der Waals surface area contributed by atoms with E-state index >= 15 is 0 Å². The number of nitrogens with one attached hydrogen (secondary N) is 1. The topological polar surface area (TPSA) is 99.6 Å². The maximum atomic E-state index is 13.2. The third-order valence-electron chi connectivity index (χ3n) is 4.55. The maximum Gasteiger partial charge on any atom is 0.297 e. The van der Waals surface area contributed by atoms with Crippen molar-refractivity contribution in [3.8, 4) is 11.4 Å². The van der Waals surface area contributed by atoms with Crippen molar-refractivity contribution >= 4 is 29.0 Å². The Balaban J connectivity index is 1.55. The van der Waals surface area contributed by atoms with Gasteiger partial charge in [0, 0.05) is 11.9 Å². The standard InChI is InChI=1S/C19H19N7O2S2/c1-13-17(18(28)26(24(13)2)14-7-4-3-5-8-14)25-19(21-22-23-25)30-12-16(27)20-11-15-9-6-10-29-15/h3-10H,11-12H2,1-2H3,(H,20,27). The van der Waals surface area contributed by atoms with E-state index in [0.29, 0.717) is 23.1 Å². The zero-order valence-corrected chi connectivity index (χ0v) is 18.0. The van der Waals surface area contributed by atoms with E-state index < -0.39 is 0 Å². The molecule has 154 valence electrons. The van der Waals surface area contributed by atoms with E-state index in [4.69, 9.17) is 0 Å². The summed E-state index contributed by atoms with van der Waals surface area (Å²) in [4.78, 5) is 26.4. The molecule has 4 rings (SSSR count). The van der Waals surface area contributed by atoms with Crippen LogP contribution in [-0.4, -0.2) is 41.2 Å². The minimum atomic E-state index is -0.238. The van der Waals surface area contributed by atoms with Crippen molar-refractivity contribution < 1.29 is 4.79 Å². The largest absolute Gasteiger partial charge is 0.350 e. The summed E-state index contributed by atoms with van der Waals surface area (Å²) >= 11 is 2.77. The molecular formula is C19H19N7O2S2. The minimum Gasteiger partial charge on any atom is -0.350 e. The minimum absolute atomic E-state index is 0.130. The number of tetrazole rings is 1. The number of carbonyl (C=O) groups is 1. The van der Waals surface area contributed by atoms with Crippen LogP contribution < -0.4 is 10.9 Å². The molecule has 1 amide bonds. The summed E-state index contributed by atoms with van der Waals surface area (Å²) in [5.74, 6) is 0.0132. The molecule has 1 N–H and O–H groups in total. The number of hydrogen-bond acceptors (Lipinski definition) is 7. The predicted octanol–water partition coefficient (Wildman–Crippen LogP) is 1.93. The monoisotopic (exact) mass is 441 g/mol. The first-order valence-electron chi connectivity index (χ1n) is 9.11. The van der Waals surface area contributed by atoms with Gasteiger partial charge in [-0.2, -0.15) is 4.68 Å². The van der Waals surface area contributed by atoms with Crippen molar-refractivity contribution in [2.24, 2.45) is 7.05 Å². The fourth-order valence-electron chi connectivity index (χ4n) is 2.99. The lowest BCUT2D eigenvalue weighted by atomic mass is 10.3. The van der Waals surface area contributed by atoms with Gasteiger partial charge in [0.2, 0.25) is 11.1 Å². The van der Waals surface area contributed by atoms with Gasteiger partial charge in [0.05, 0.1) is 23.7 Å². The van der Waals surface area contributed by atoms with Crippen molar-refractivity contribution in [2.75, 3.05) is 5.75 Å². The van der Waals surface area contributed by atoms with Crippen molar-refractivity contribution in [2.45, 2.75) is 18.6 Å². The lowest BCUT2D eigenvalue weighted by Gasteiger charge is -2.07. The maximum absolute atomic E-state index is 13.2. The van der Waals surface area contributed by atoms with Gasteiger partial charge in [-0.1, -0.05) is 36.0 Å². The zero-order valence-electron chi connectivity index (χ0n) is 16.3. The fourth-order valence-corrected chi connectivity index (χ4v) is 4.34. The molecule has 3 aromatic heterocycles. The molecule has 30 heavy (non-hydrogen) atoms. The number of thioether (sulfide) groups is 1. The van der Waals surface area contributed by atoms with Gasteiger partial charge in [-0.25, -0.2) is 4.68 Å². The van der Waals surface area contributed by atoms with Crippen LogP contribution in [0.15, 0.2) is 57.8 Å². The van der Waals surface area contributed by atoms with Crippen LogP contribution in [0.25, 0.3) is 11.4 Å². The highest BCUT2D eigenvalue weighted by Crippen LogP contribution is 2.20. The van der Waals surface area contributed by atoms with E-state index in [1.54, 1.807) is 20.7 Å². The van der Waals surface area contributed by atoms with Gasteiger partial charge < -0.3 is 5.32 Å². The molecule has 0 saturated carbocycles. The molecule has 0 atom stereocenters. The molecule has 0 spiro atoms. The van der Waals surface area contributed by atoms with Gasteiger partial charge in [-0.3, -0.25) is 14.3 Å². The summed E-state index contributed by atoms with van der Waals surface area (Å²) < 4.78 is 4.72. The first-order valence-corrected chi connectivity index (χ1v) is 11.0. The van der Waals surface area contributed by atoms with Crippen molar-refractivity contribution in [3.63, 3.8) is 0 Å². The van der Waals surface area contributed by atoms with Gasteiger partial charge in [-0.15, -0.1) is 16.4 Å². The Morgan fingerprint density at radius 2 is 2.00 bits per heavy atom. The summed E-state index contributed by atoms with van der Waals surface area (Å²) in [6, 6.07) is 13.3. The van der Waals surface area contributed by atoms with Crippen LogP contribution in [-0.2, 0) is 18.4 Å². The van der Waals surface area contributed by atoms with E-state index in [9.17, 15) is 9.59 Å². The highest BCUT2D eigenvalue weighted by atomic mass is 32.2. The van der Waals surface area contributed by atoms with Crippen LogP contribution in [0, 0.1) is 6.92 Å².